The second-order valence-corrected chi connectivity index (χ2v) is 5.92. The van der Waals surface area contributed by atoms with Crippen LogP contribution in [-0.4, -0.2) is 10.9 Å². The van der Waals surface area contributed by atoms with Crippen molar-refractivity contribution < 1.29 is 18.0 Å². The lowest BCUT2D eigenvalue weighted by atomic mass is 10.1. The quantitative estimate of drug-likeness (QED) is 0.645. The van der Waals surface area contributed by atoms with E-state index in [9.17, 15) is 18.0 Å². The fraction of sp³-hybridized carbons (Fsp3) is 0.100. The standard InChI is InChI=1S/C20H16F3N3O/c1-13-5-4-6-14(11-13)25-15-9-10-24-18(12-15)19(27)26-17-8-3-2-7-16(17)20(21,22)23/h2-12H,1H3,(H,24,25)(H,26,27). The van der Waals surface area contributed by atoms with Crippen molar-refractivity contribution in [3.63, 3.8) is 0 Å². The summed E-state index contributed by atoms with van der Waals surface area (Å²) in [6.45, 7) is 1.95. The predicted octanol–water partition coefficient (Wildman–Crippen LogP) is 5.40. The van der Waals surface area contributed by atoms with Crippen molar-refractivity contribution in [3.05, 3.63) is 83.7 Å². The molecule has 1 heterocycles. The molecule has 138 valence electrons. The van der Waals surface area contributed by atoms with E-state index in [1.807, 2.05) is 31.2 Å². The lowest BCUT2D eigenvalue weighted by molar-refractivity contribution is -0.136. The maximum absolute atomic E-state index is 13.1. The van der Waals surface area contributed by atoms with Gasteiger partial charge in [0.2, 0.25) is 0 Å². The van der Waals surface area contributed by atoms with E-state index in [4.69, 9.17) is 0 Å². The minimum atomic E-state index is -4.56. The van der Waals surface area contributed by atoms with Crippen LogP contribution in [0.15, 0.2) is 66.9 Å². The number of benzene rings is 2. The number of pyridine rings is 1. The zero-order chi connectivity index (χ0) is 19.4. The highest BCUT2D eigenvalue weighted by Gasteiger charge is 2.33. The van der Waals surface area contributed by atoms with Gasteiger partial charge in [0.05, 0.1) is 11.3 Å². The first-order chi connectivity index (χ1) is 12.8. The van der Waals surface area contributed by atoms with Gasteiger partial charge in [0, 0.05) is 17.6 Å². The first kappa shape index (κ1) is 18.4. The van der Waals surface area contributed by atoms with Crippen LogP contribution in [0.25, 0.3) is 0 Å². The molecule has 3 aromatic rings. The number of hydrogen-bond acceptors (Lipinski definition) is 3. The Morgan fingerprint density at radius 2 is 1.70 bits per heavy atom. The van der Waals surface area contributed by atoms with E-state index in [2.05, 4.69) is 15.6 Å². The molecule has 0 saturated carbocycles. The van der Waals surface area contributed by atoms with Gasteiger partial charge in [-0.1, -0.05) is 24.3 Å². The summed E-state index contributed by atoms with van der Waals surface area (Å²) in [5, 5.41) is 5.42. The van der Waals surface area contributed by atoms with Gasteiger partial charge in [-0.05, 0) is 48.9 Å². The number of aromatic nitrogens is 1. The van der Waals surface area contributed by atoms with Crippen molar-refractivity contribution in [2.75, 3.05) is 10.6 Å². The Hall–Kier alpha value is -3.35. The summed E-state index contributed by atoms with van der Waals surface area (Å²) in [6, 6.07) is 15.6. The Kier molecular flexibility index (Phi) is 5.12. The van der Waals surface area contributed by atoms with Gasteiger partial charge in [0.15, 0.2) is 0 Å². The minimum absolute atomic E-state index is 0.00429. The summed E-state index contributed by atoms with van der Waals surface area (Å²) < 4.78 is 39.2. The molecule has 0 radical (unpaired) electrons. The fourth-order valence-electron chi connectivity index (χ4n) is 2.55. The Morgan fingerprint density at radius 1 is 0.963 bits per heavy atom. The van der Waals surface area contributed by atoms with Gasteiger partial charge >= 0.3 is 6.18 Å². The van der Waals surface area contributed by atoms with Gasteiger partial charge in [0.25, 0.3) is 5.91 Å². The molecule has 4 nitrogen and oxygen atoms in total. The van der Waals surface area contributed by atoms with Gasteiger partial charge < -0.3 is 10.6 Å². The Bertz CT molecular complexity index is 970. The molecule has 0 fully saturated rings. The SMILES string of the molecule is Cc1cccc(Nc2ccnc(C(=O)Nc3ccccc3C(F)(F)F)c2)c1. The number of carbonyl (C=O) groups is 1. The number of halogens is 3. The molecule has 7 heteroatoms. The molecule has 1 aromatic heterocycles. The number of amides is 1. The maximum Gasteiger partial charge on any atom is 0.418 e. The summed E-state index contributed by atoms with van der Waals surface area (Å²) >= 11 is 0. The number of carbonyl (C=O) groups excluding carboxylic acids is 1. The van der Waals surface area contributed by atoms with Crippen molar-refractivity contribution >= 4 is 23.0 Å². The van der Waals surface area contributed by atoms with E-state index in [0.717, 1.165) is 17.3 Å². The second-order valence-electron chi connectivity index (χ2n) is 5.92. The van der Waals surface area contributed by atoms with Gasteiger partial charge in [-0.3, -0.25) is 9.78 Å². The first-order valence-corrected chi connectivity index (χ1v) is 8.10. The van der Waals surface area contributed by atoms with E-state index in [-0.39, 0.29) is 11.4 Å². The van der Waals surface area contributed by atoms with E-state index in [1.165, 1.54) is 30.5 Å². The van der Waals surface area contributed by atoms with Crippen LogP contribution in [-0.2, 0) is 6.18 Å². The average molecular weight is 371 g/mol. The summed E-state index contributed by atoms with van der Waals surface area (Å²) in [6.07, 6.45) is -3.14. The Morgan fingerprint density at radius 3 is 2.44 bits per heavy atom. The highest BCUT2D eigenvalue weighted by atomic mass is 19.4. The molecule has 1 amide bonds. The lowest BCUT2D eigenvalue weighted by Gasteiger charge is -2.13. The molecule has 2 N–H and O–H groups in total. The molecule has 0 aliphatic heterocycles. The van der Waals surface area contributed by atoms with Crippen LogP contribution in [0.5, 0.6) is 0 Å². The van der Waals surface area contributed by atoms with Gasteiger partial charge in [0.1, 0.15) is 5.69 Å². The number of aryl methyl sites for hydroxylation is 1. The van der Waals surface area contributed by atoms with Crippen LogP contribution in [0, 0.1) is 6.92 Å². The average Bonchev–Trinajstić information content (AvgIpc) is 2.61. The molecule has 2 aromatic carbocycles. The topological polar surface area (TPSA) is 54.0 Å². The van der Waals surface area contributed by atoms with Crippen molar-refractivity contribution in [3.8, 4) is 0 Å². The summed E-state index contributed by atoms with van der Waals surface area (Å²) in [4.78, 5) is 16.3. The lowest BCUT2D eigenvalue weighted by Crippen LogP contribution is -2.17. The zero-order valence-corrected chi connectivity index (χ0v) is 14.3. The van der Waals surface area contributed by atoms with Crippen LogP contribution in [0.2, 0.25) is 0 Å². The summed E-state index contributed by atoms with van der Waals surface area (Å²) in [7, 11) is 0. The van der Waals surface area contributed by atoms with Crippen molar-refractivity contribution in [2.24, 2.45) is 0 Å². The molecule has 0 aliphatic rings. The molecule has 27 heavy (non-hydrogen) atoms. The number of alkyl halides is 3. The molecule has 0 aliphatic carbocycles. The Balaban J connectivity index is 1.81. The molecule has 0 atom stereocenters. The van der Waals surface area contributed by atoms with E-state index >= 15 is 0 Å². The third-order valence-corrected chi connectivity index (χ3v) is 3.78. The first-order valence-electron chi connectivity index (χ1n) is 8.10. The third kappa shape index (κ3) is 4.63. The van der Waals surface area contributed by atoms with Gasteiger partial charge in [-0.15, -0.1) is 0 Å². The molecular weight excluding hydrogens is 355 g/mol. The minimum Gasteiger partial charge on any atom is -0.355 e. The van der Waals surface area contributed by atoms with Gasteiger partial charge in [-0.2, -0.15) is 13.2 Å². The zero-order valence-electron chi connectivity index (χ0n) is 14.3. The van der Waals surface area contributed by atoms with Crippen LogP contribution in [0.3, 0.4) is 0 Å². The van der Waals surface area contributed by atoms with Crippen LogP contribution in [0.1, 0.15) is 21.6 Å². The predicted molar refractivity (Wildman–Crippen MR) is 98.1 cm³/mol. The smallest absolute Gasteiger partial charge is 0.355 e. The fourth-order valence-corrected chi connectivity index (χ4v) is 2.55. The number of rotatable bonds is 4. The van der Waals surface area contributed by atoms with Crippen molar-refractivity contribution in [1.29, 1.82) is 0 Å². The van der Waals surface area contributed by atoms with Crippen LogP contribution < -0.4 is 10.6 Å². The number of hydrogen-bond donors (Lipinski definition) is 2. The molecule has 0 spiro atoms. The molecule has 0 unspecified atom stereocenters. The van der Waals surface area contributed by atoms with Crippen LogP contribution >= 0.6 is 0 Å². The number of para-hydroxylation sites is 1. The number of nitrogens with one attached hydrogen (secondary N) is 2. The van der Waals surface area contributed by atoms with Crippen molar-refractivity contribution in [1.82, 2.24) is 4.98 Å². The molecule has 0 bridgehead atoms. The monoisotopic (exact) mass is 371 g/mol. The summed E-state index contributed by atoms with van der Waals surface area (Å²) in [5.41, 5.74) is 1.28. The normalized spacial score (nSPS) is 11.1. The van der Waals surface area contributed by atoms with Crippen LogP contribution in [0.4, 0.5) is 30.2 Å². The highest BCUT2D eigenvalue weighted by molar-refractivity contribution is 6.03. The molecular formula is C20H16F3N3O. The molecule has 0 saturated heterocycles. The largest absolute Gasteiger partial charge is 0.418 e. The Labute approximate surface area is 154 Å². The van der Waals surface area contributed by atoms with E-state index in [1.54, 1.807) is 6.07 Å². The maximum atomic E-state index is 13.1. The molecule has 3 rings (SSSR count). The third-order valence-electron chi connectivity index (χ3n) is 3.78. The van der Waals surface area contributed by atoms with Gasteiger partial charge in [-0.25, -0.2) is 0 Å². The highest BCUT2D eigenvalue weighted by Crippen LogP contribution is 2.34. The number of anilines is 3. The van der Waals surface area contributed by atoms with E-state index < -0.39 is 17.6 Å². The number of nitrogens with zero attached hydrogens (tertiary/aromatic N) is 1. The van der Waals surface area contributed by atoms with E-state index in [0.29, 0.717) is 5.69 Å². The second kappa shape index (κ2) is 7.49. The summed E-state index contributed by atoms with van der Waals surface area (Å²) in [5.74, 6) is -0.723. The van der Waals surface area contributed by atoms with Crippen molar-refractivity contribution in [2.45, 2.75) is 13.1 Å².